The monoisotopic (exact) mass is 241 g/mol. The van der Waals surface area contributed by atoms with Gasteiger partial charge in [0.1, 0.15) is 0 Å². The van der Waals surface area contributed by atoms with Gasteiger partial charge in [-0.3, -0.25) is 9.59 Å². The predicted octanol–water partition coefficient (Wildman–Crippen LogP) is 0.243. The van der Waals surface area contributed by atoms with Gasteiger partial charge in [0.05, 0.1) is 6.54 Å². The van der Waals surface area contributed by atoms with Crippen LogP contribution < -0.4 is 11.1 Å². The molecule has 0 radical (unpaired) electrons. The first-order valence-corrected chi connectivity index (χ1v) is 6.44. The van der Waals surface area contributed by atoms with E-state index >= 15 is 0 Å². The Kier molecular flexibility index (Phi) is 5.97. The maximum Gasteiger partial charge on any atom is 0.239 e. The summed E-state index contributed by atoms with van der Waals surface area (Å²) in [6.45, 7) is 3.45. The van der Waals surface area contributed by atoms with Crippen LogP contribution >= 0.6 is 0 Å². The molecule has 1 rings (SSSR count). The first-order chi connectivity index (χ1) is 8.17. The SMILES string of the molecule is CCCCC(CN)NC(=O)CN1CCCC1=O. The van der Waals surface area contributed by atoms with Gasteiger partial charge < -0.3 is 16.0 Å². The summed E-state index contributed by atoms with van der Waals surface area (Å²) >= 11 is 0. The molecule has 17 heavy (non-hydrogen) atoms. The van der Waals surface area contributed by atoms with Crippen molar-refractivity contribution in [1.82, 2.24) is 10.2 Å². The number of amides is 2. The second-order valence-electron chi connectivity index (χ2n) is 4.56. The van der Waals surface area contributed by atoms with Crippen molar-refractivity contribution in [2.45, 2.75) is 45.1 Å². The van der Waals surface area contributed by atoms with Gasteiger partial charge in [0.25, 0.3) is 0 Å². The normalized spacial score (nSPS) is 17.3. The van der Waals surface area contributed by atoms with Crippen molar-refractivity contribution >= 4 is 11.8 Å². The fraction of sp³-hybridized carbons (Fsp3) is 0.833. The Morgan fingerprint density at radius 3 is 2.88 bits per heavy atom. The molecule has 1 aliphatic heterocycles. The van der Waals surface area contributed by atoms with E-state index in [1.807, 2.05) is 0 Å². The van der Waals surface area contributed by atoms with E-state index in [4.69, 9.17) is 5.73 Å². The lowest BCUT2D eigenvalue weighted by atomic mass is 10.1. The summed E-state index contributed by atoms with van der Waals surface area (Å²) in [4.78, 5) is 24.7. The van der Waals surface area contributed by atoms with Crippen LogP contribution in [0.15, 0.2) is 0 Å². The van der Waals surface area contributed by atoms with Gasteiger partial charge in [0.2, 0.25) is 11.8 Å². The second kappa shape index (κ2) is 7.27. The van der Waals surface area contributed by atoms with E-state index < -0.39 is 0 Å². The third kappa shape index (κ3) is 4.73. The van der Waals surface area contributed by atoms with Gasteiger partial charge in [0.15, 0.2) is 0 Å². The van der Waals surface area contributed by atoms with Crippen molar-refractivity contribution < 1.29 is 9.59 Å². The number of carbonyl (C=O) groups is 2. The number of nitrogens with two attached hydrogens (primary N) is 1. The minimum atomic E-state index is -0.0909. The number of carbonyl (C=O) groups excluding carboxylic acids is 2. The molecule has 2 amide bonds. The van der Waals surface area contributed by atoms with Gasteiger partial charge >= 0.3 is 0 Å². The van der Waals surface area contributed by atoms with Crippen LogP contribution in [0.5, 0.6) is 0 Å². The molecule has 0 bridgehead atoms. The zero-order valence-electron chi connectivity index (χ0n) is 10.6. The molecule has 1 aliphatic rings. The molecule has 1 atom stereocenters. The van der Waals surface area contributed by atoms with Crippen LogP contribution in [0, 0.1) is 0 Å². The Bertz CT molecular complexity index is 268. The van der Waals surface area contributed by atoms with Crippen LogP contribution in [-0.4, -0.2) is 42.4 Å². The fourth-order valence-corrected chi connectivity index (χ4v) is 2.02. The van der Waals surface area contributed by atoms with Crippen molar-refractivity contribution in [2.24, 2.45) is 5.73 Å². The zero-order chi connectivity index (χ0) is 12.7. The van der Waals surface area contributed by atoms with E-state index in [0.717, 1.165) is 25.7 Å². The zero-order valence-corrected chi connectivity index (χ0v) is 10.6. The molecule has 1 saturated heterocycles. The Morgan fingerprint density at radius 1 is 1.59 bits per heavy atom. The van der Waals surface area contributed by atoms with Crippen LogP contribution in [0.2, 0.25) is 0 Å². The molecule has 0 saturated carbocycles. The molecule has 0 spiro atoms. The average molecular weight is 241 g/mol. The molecule has 1 fully saturated rings. The maximum atomic E-state index is 11.7. The van der Waals surface area contributed by atoms with Crippen molar-refractivity contribution in [2.75, 3.05) is 19.6 Å². The van der Waals surface area contributed by atoms with Gasteiger partial charge in [-0.25, -0.2) is 0 Å². The number of nitrogens with one attached hydrogen (secondary N) is 1. The largest absolute Gasteiger partial charge is 0.351 e. The molecule has 5 nitrogen and oxygen atoms in total. The van der Waals surface area contributed by atoms with Crippen molar-refractivity contribution in [3.63, 3.8) is 0 Å². The van der Waals surface area contributed by atoms with Gasteiger partial charge in [-0.15, -0.1) is 0 Å². The van der Waals surface area contributed by atoms with E-state index in [1.54, 1.807) is 4.90 Å². The summed E-state index contributed by atoms with van der Waals surface area (Å²) in [5.41, 5.74) is 5.60. The lowest BCUT2D eigenvalue weighted by Crippen LogP contribution is -2.45. The Balaban J connectivity index is 2.29. The highest BCUT2D eigenvalue weighted by Gasteiger charge is 2.22. The van der Waals surface area contributed by atoms with E-state index in [2.05, 4.69) is 12.2 Å². The summed E-state index contributed by atoms with van der Waals surface area (Å²) in [5.74, 6) is -0.00944. The van der Waals surface area contributed by atoms with Gasteiger partial charge in [-0.1, -0.05) is 19.8 Å². The van der Waals surface area contributed by atoms with Crippen molar-refractivity contribution in [3.05, 3.63) is 0 Å². The van der Waals surface area contributed by atoms with Crippen LogP contribution in [-0.2, 0) is 9.59 Å². The standard InChI is InChI=1S/C12H23N3O2/c1-2-3-5-10(8-13)14-11(16)9-15-7-4-6-12(15)17/h10H,2-9,13H2,1H3,(H,14,16). The molecule has 1 unspecified atom stereocenters. The molecule has 5 heteroatoms. The molecular weight excluding hydrogens is 218 g/mol. The number of rotatable bonds is 7. The van der Waals surface area contributed by atoms with Crippen molar-refractivity contribution in [1.29, 1.82) is 0 Å². The molecular formula is C12H23N3O2. The predicted molar refractivity (Wildman–Crippen MR) is 66.3 cm³/mol. The quantitative estimate of drug-likeness (QED) is 0.670. The van der Waals surface area contributed by atoms with E-state index in [1.165, 1.54) is 0 Å². The molecule has 3 N–H and O–H groups in total. The number of likely N-dealkylation sites (tertiary alicyclic amines) is 1. The number of unbranched alkanes of at least 4 members (excludes halogenated alkanes) is 1. The molecule has 0 aromatic rings. The maximum absolute atomic E-state index is 11.7. The van der Waals surface area contributed by atoms with Crippen LogP contribution in [0.4, 0.5) is 0 Å². The molecule has 98 valence electrons. The lowest BCUT2D eigenvalue weighted by molar-refractivity contribution is -0.133. The lowest BCUT2D eigenvalue weighted by Gasteiger charge is -2.19. The molecule has 0 aliphatic carbocycles. The summed E-state index contributed by atoms with van der Waals surface area (Å²) in [7, 11) is 0. The highest BCUT2D eigenvalue weighted by molar-refractivity contribution is 5.85. The molecule has 0 aromatic heterocycles. The van der Waals surface area contributed by atoms with Crippen LogP contribution in [0.1, 0.15) is 39.0 Å². The van der Waals surface area contributed by atoms with Crippen LogP contribution in [0.3, 0.4) is 0 Å². The topological polar surface area (TPSA) is 75.4 Å². The van der Waals surface area contributed by atoms with Crippen LogP contribution in [0.25, 0.3) is 0 Å². The Labute approximate surface area is 103 Å². The summed E-state index contributed by atoms with van der Waals surface area (Å²) in [6.07, 6.45) is 4.50. The minimum Gasteiger partial charge on any atom is -0.351 e. The van der Waals surface area contributed by atoms with E-state index in [0.29, 0.717) is 19.5 Å². The summed E-state index contributed by atoms with van der Waals surface area (Å²) in [6, 6.07) is 0.0418. The average Bonchev–Trinajstić information content (AvgIpc) is 2.70. The highest BCUT2D eigenvalue weighted by Crippen LogP contribution is 2.08. The Morgan fingerprint density at radius 2 is 2.35 bits per heavy atom. The smallest absolute Gasteiger partial charge is 0.239 e. The van der Waals surface area contributed by atoms with Gasteiger partial charge in [0, 0.05) is 25.6 Å². The molecule has 1 heterocycles. The van der Waals surface area contributed by atoms with Gasteiger partial charge in [-0.05, 0) is 12.8 Å². The first kappa shape index (κ1) is 14.0. The van der Waals surface area contributed by atoms with E-state index in [9.17, 15) is 9.59 Å². The fourth-order valence-electron chi connectivity index (χ4n) is 2.02. The minimum absolute atomic E-state index is 0.0418. The summed E-state index contributed by atoms with van der Waals surface area (Å²) in [5, 5.41) is 2.89. The van der Waals surface area contributed by atoms with Gasteiger partial charge in [-0.2, -0.15) is 0 Å². The molecule has 0 aromatic carbocycles. The number of hydrogen-bond donors (Lipinski definition) is 2. The summed E-state index contributed by atoms with van der Waals surface area (Å²) < 4.78 is 0. The highest BCUT2D eigenvalue weighted by atomic mass is 16.2. The van der Waals surface area contributed by atoms with Crippen molar-refractivity contribution in [3.8, 4) is 0 Å². The van der Waals surface area contributed by atoms with E-state index in [-0.39, 0.29) is 24.4 Å². The Hall–Kier alpha value is -1.10. The first-order valence-electron chi connectivity index (χ1n) is 6.44. The number of hydrogen-bond acceptors (Lipinski definition) is 3. The third-order valence-electron chi connectivity index (χ3n) is 3.06. The third-order valence-corrected chi connectivity index (χ3v) is 3.06. The number of nitrogens with zero attached hydrogens (tertiary/aromatic N) is 1. The second-order valence-corrected chi connectivity index (χ2v) is 4.56.